The van der Waals surface area contributed by atoms with Gasteiger partial charge in [0.25, 0.3) is 15.9 Å². The molecule has 4 rings (SSSR count). The monoisotopic (exact) mass is 597 g/mol. The molecule has 4 amide bonds. The van der Waals surface area contributed by atoms with Crippen molar-refractivity contribution in [2.75, 3.05) is 13.7 Å². The number of rotatable bonds is 5. The largest absolute Gasteiger partial charge is 0.333 e. The standard InChI is InChI=1S/C20H16IN5O5S2/c1-11-2-7-18(32-11)33(30,31)25-20(29)23-14-4-6-16(22-10-14)26-17(27)9-12-8-13(24-21)3-5-15(12)19(26)28/h2-8,10,24H,9H2,1H3,(H2,23,25,29). The summed E-state index contributed by atoms with van der Waals surface area (Å²) in [6.45, 7) is 1.76. The van der Waals surface area contributed by atoms with Gasteiger partial charge in [0, 0.05) is 16.1 Å². The first-order chi connectivity index (χ1) is 15.7. The van der Waals surface area contributed by atoms with Crippen molar-refractivity contribution in [1.29, 1.82) is 0 Å². The van der Waals surface area contributed by atoms with E-state index in [-0.39, 0.29) is 22.1 Å². The van der Waals surface area contributed by atoms with Crippen LogP contribution in [-0.4, -0.2) is 31.2 Å². The van der Waals surface area contributed by atoms with Crippen LogP contribution in [0.15, 0.2) is 52.9 Å². The minimum absolute atomic E-state index is 0.0208. The topological polar surface area (TPSA) is 138 Å². The molecule has 0 spiro atoms. The molecule has 1 aromatic carbocycles. The third-order valence-corrected chi connectivity index (χ3v) is 8.13. The van der Waals surface area contributed by atoms with E-state index < -0.39 is 27.9 Å². The van der Waals surface area contributed by atoms with Crippen LogP contribution in [0.25, 0.3) is 0 Å². The number of urea groups is 1. The number of hydrogen-bond acceptors (Lipinski definition) is 8. The normalized spacial score (nSPS) is 13.5. The van der Waals surface area contributed by atoms with Crippen LogP contribution >= 0.6 is 34.2 Å². The maximum atomic E-state index is 12.9. The molecule has 33 heavy (non-hydrogen) atoms. The summed E-state index contributed by atoms with van der Waals surface area (Å²) in [5.41, 5.74) is 2.00. The number of carbonyl (C=O) groups is 3. The van der Waals surface area contributed by atoms with Crippen molar-refractivity contribution < 1.29 is 22.8 Å². The summed E-state index contributed by atoms with van der Waals surface area (Å²) >= 11 is 3.01. The van der Waals surface area contributed by atoms with Crippen LogP contribution in [-0.2, 0) is 21.2 Å². The molecule has 10 nitrogen and oxygen atoms in total. The molecule has 1 aliphatic rings. The molecule has 3 N–H and O–H groups in total. The molecule has 0 saturated carbocycles. The summed E-state index contributed by atoms with van der Waals surface area (Å²) in [4.78, 5) is 43.5. The Bertz CT molecular complexity index is 1370. The number of halogens is 1. The van der Waals surface area contributed by atoms with Gasteiger partial charge in [-0.05, 0) is 55.0 Å². The molecule has 1 aliphatic heterocycles. The molecule has 0 saturated heterocycles. The fraction of sp³-hybridized carbons (Fsp3) is 0.100. The molecule has 13 heteroatoms. The van der Waals surface area contributed by atoms with Gasteiger partial charge in [0.15, 0.2) is 0 Å². The zero-order valence-electron chi connectivity index (χ0n) is 17.0. The number of hydrogen-bond donors (Lipinski definition) is 3. The molecule has 0 atom stereocenters. The summed E-state index contributed by atoms with van der Waals surface area (Å²) in [6, 6.07) is 10.0. The lowest BCUT2D eigenvalue weighted by molar-refractivity contribution is -0.117. The summed E-state index contributed by atoms with van der Waals surface area (Å²) < 4.78 is 29.4. The van der Waals surface area contributed by atoms with Crippen molar-refractivity contribution >= 4 is 79.3 Å². The van der Waals surface area contributed by atoms with Gasteiger partial charge < -0.3 is 8.85 Å². The van der Waals surface area contributed by atoms with E-state index in [0.717, 1.165) is 26.8 Å². The van der Waals surface area contributed by atoms with Crippen LogP contribution in [0.5, 0.6) is 0 Å². The van der Waals surface area contributed by atoms with Crippen LogP contribution < -0.4 is 18.5 Å². The number of thiophene rings is 1. The van der Waals surface area contributed by atoms with Crippen LogP contribution in [0.4, 0.5) is 22.0 Å². The van der Waals surface area contributed by atoms with E-state index in [1.165, 1.54) is 24.4 Å². The van der Waals surface area contributed by atoms with Gasteiger partial charge in [-0.2, -0.15) is 0 Å². The third-order valence-electron chi connectivity index (χ3n) is 4.68. The maximum Gasteiger partial charge on any atom is 0.333 e. The number of carbonyl (C=O) groups excluding carboxylic acids is 3. The highest BCUT2D eigenvalue weighted by atomic mass is 127. The van der Waals surface area contributed by atoms with E-state index in [1.807, 2.05) is 27.6 Å². The number of nitrogens with one attached hydrogen (secondary N) is 3. The Morgan fingerprint density at radius 2 is 1.88 bits per heavy atom. The lowest BCUT2D eigenvalue weighted by atomic mass is 9.98. The minimum atomic E-state index is -4.00. The quantitative estimate of drug-likeness (QED) is 0.233. The van der Waals surface area contributed by atoms with E-state index >= 15 is 0 Å². The number of fused-ring (bicyclic) bond motifs is 1. The number of imide groups is 1. The Hall–Kier alpha value is -3.04. The highest BCUT2D eigenvalue weighted by molar-refractivity contribution is 14.1. The minimum Gasteiger partial charge on any atom is -0.328 e. The van der Waals surface area contributed by atoms with Gasteiger partial charge in [-0.1, -0.05) is 0 Å². The zero-order chi connectivity index (χ0) is 23.8. The van der Waals surface area contributed by atoms with Gasteiger partial charge >= 0.3 is 6.03 Å². The van der Waals surface area contributed by atoms with Crippen molar-refractivity contribution in [1.82, 2.24) is 9.71 Å². The van der Waals surface area contributed by atoms with E-state index in [0.29, 0.717) is 11.1 Å². The molecule has 0 fully saturated rings. The Morgan fingerprint density at radius 3 is 2.52 bits per heavy atom. The molecular weight excluding hydrogens is 581 g/mol. The molecule has 0 radical (unpaired) electrons. The molecule has 0 aliphatic carbocycles. The fourth-order valence-corrected chi connectivity index (χ4v) is 5.72. The highest BCUT2D eigenvalue weighted by Gasteiger charge is 2.33. The van der Waals surface area contributed by atoms with Gasteiger partial charge in [0.05, 0.1) is 41.2 Å². The molecule has 0 bridgehead atoms. The Morgan fingerprint density at radius 1 is 1.12 bits per heavy atom. The fourth-order valence-electron chi connectivity index (χ4n) is 3.19. The second kappa shape index (κ2) is 9.07. The van der Waals surface area contributed by atoms with Gasteiger partial charge in [-0.15, -0.1) is 11.3 Å². The van der Waals surface area contributed by atoms with Gasteiger partial charge in [-0.3, -0.25) is 9.59 Å². The average Bonchev–Trinajstić information content (AvgIpc) is 3.21. The summed E-state index contributed by atoms with van der Waals surface area (Å²) in [5.74, 6) is -0.828. The van der Waals surface area contributed by atoms with Crippen LogP contribution in [0.3, 0.4) is 0 Å². The SMILES string of the molecule is Cc1ccc(S(=O)(=O)NC(=O)Nc2ccc(N3C(=O)Cc4cc(NI)ccc4C3=O)nc2)s1. The van der Waals surface area contributed by atoms with Crippen molar-refractivity contribution in [3.05, 3.63) is 64.7 Å². The molecule has 170 valence electrons. The number of anilines is 3. The summed E-state index contributed by atoms with van der Waals surface area (Å²) in [5, 5.41) is 2.37. The van der Waals surface area contributed by atoms with Crippen LogP contribution in [0.2, 0.25) is 0 Å². The number of sulfonamides is 1. The Kier molecular flexibility index (Phi) is 6.36. The second-order valence-electron chi connectivity index (χ2n) is 7.01. The summed E-state index contributed by atoms with van der Waals surface area (Å²) in [7, 11) is -4.00. The van der Waals surface area contributed by atoms with Gasteiger partial charge in [-0.25, -0.2) is 27.8 Å². The molecule has 3 heterocycles. The van der Waals surface area contributed by atoms with Crippen molar-refractivity contribution in [3.63, 3.8) is 0 Å². The first-order valence-corrected chi connectivity index (χ1v) is 12.8. The van der Waals surface area contributed by atoms with Crippen LogP contribution in [0, 0.1) is 6.92 Å². The van der Waals surface area contributed by atoms with Crippen molar-refractivity contribution in [3.8, 4) is 0 Å². The molecular formula is C20H16IN5O5S2. The summed E-state index contributed by atoms with van der Waals surface area (Å²) in [6.07, 6.45) is 1.27. The van der Waals surface area contributed by atoms with E-state index in [9.17, 15) is 22.8 Å². The van der Waals surface area contributed by atoms with Crippen molar-refractivity contribution in [2.24, 2.45) is 0 Å². The Balaban J connectivity index is 1.47. The zero-order valence-corrected chi connectivity index (χ0v) is 20.7. The number of aromatic nitrogens is 1. The first kappa shape index (κ1) is 23.1. The maximum absolute atomic E-state index is 12.9. The van der Waals surface area contributed by atoms with E-state index in [4.69, 9.17) is 0 Å². The number of nitrogens with zero attached hydrogens (tertiary/aromatic N) is 2. The lowest BCUT2D eigenvalue weighted by Gasteiger charge is -2.26. The van der Waals surface area contributed by atoms with E-state index in [2.05, 4.69) is 13.8 Å². The van der Waals surface area contributed by atoms with Gasteiger partial charge in [0.1, 0.15) is 10.0 Å². The average molecular weight is 597 g/mol. The third kappa shape index (κ3) is 4.84. The van der Waals surface area contributed by atoms with Gasteiger partial charge in [0.2, 0.25) is 5.91 Å². The van der Waals surface area contributed by atoms with Crippen LogP contribution in [0.1, 0.15) is 20.8 Å². The molecule has 2 aromatic heterocycles. The van der Waals surface area contributed by atoms with E-state index in [1.54, 1.807) is 31.2 Å². The number of amides is 4. The smallest absolute Gasteiger partial charge is 0.328 e. The predicted octanol–water partition coefficient (Wildman–Crippen LogP) is 3.45. The first-order valence-electron chi connectivity index (χ1n) is 9.41. The highest BCUT2D eigenvalue weighted by Crippen LogP contribution is 2.27. The van der Waals surface area contributed by atoms with Crippen molar-refractivity contribution in [2.45, 2.75) is 17.6 Å². The molecule has 3 aromatic rings. The number of benzene rings is 1. The predicted molar refractivity (Wildman–Crippen MR) is 132 cm³/mol. The molecule has 0 unspecified atom stereocenters. The number of pyridine rings is 1. The Labute approximate surface area is 206 Å². The lowest BCUT2D eigenvalue weighted by Crippen LogP contribution is -2.43. The second-order valence-corrected chi connectivity index (χ2v) is 10.7. The number of aryl methyl sites for hydroxylation is 1.